The molecular weight excluding hydrogens is 471 g/mol. The molecule has 1 saturated heterocycles. The Bertz CT molecular complexity index is 1270. The van der Waals surface area contributed by atoms with E-state index in [4.69, 9.17) is 16.3 Å². The van der Waals surface area contributed by atoms with Crippen molar-refractivity contribution in [2.45, 2.75) is 44.7 Å². The Morgan fingerprint density at radius 1 is 1.29 bits per heavy atom. The van der Waals surface area contributed by atoms with Crippen LogP contribution in [0.5, 0.6) is 0 Å². The second kappa shape index (κ2) is 9.59. The van der Waals surface area contributed by atoms with Crippen LogP contribution < -0.4 is 10.2 Å². The number of aromatic nitrogens is 2. The molecule has 0 unspecified atom stereocenters. The Hall–Kier alpha value is -2.97. The van der Waals surface area contributed by atoms with Crippen LogP contribution in [0.4, 0.5) is 10.1 Å². The van der Waals surface area contributed by atoms with E-state index >= 15 is 0 Å². The molecule has 2 aromatic heterocycles. The molecule has 184 valence electrons. The molecule has 3 aromatic rings. The number of ether oxygens (including phenoxy) is 1. The van der Waals surface area contributed by atoms with Crippen LogP contribution in [0, 0.1) is 11.2 Å². The second-order valence-electron chi connectivity index (χ2n) is 9.43. The highest BCUT2D eigenvalue weighted by molar-refractivity contribution is 6.34. The zero-order chi connectivity index (χ0) is 24.6. The number of nitrogens with zero attached hydrogens (tertiary/aromatic N) is 3. The summed E-state index contributed by atoms with van der Waals surface area (Å²) < 4.78 is 20.6. The van der Waals surface area contributed by atoms with Crippen molar-refractivity contribution in [3.63, 3.8) is 0 Å². The predicted octanol–water partition coefficient (Wildman–Crippen LogP) is 4.57. The first-order chi connectivity index (χ1) is 16.9. The number of carbonyl (C=O) groups is 2. The number of anilines is 1. The number of benzene rings is 1. The SMILES string of the molecule is COCCn1cc(C(=O)NC2CCC3(CC2)CCN(c2ccc(F)cc2Cl)C3=O)c2ncccc21. The summed E-state index contributed by atoms with van der Waals surface area (Å²) in [5.74, 6) is -0.530. The van der Waals surface area contributed by atoms with Gasteiger partial charge in [-0.05, 0) is 62.4 Å². The molecule has 1 aromatic carbocycles. The third-order valence-electron chi connectivity index (χ3n) is 7.41. The highest BCUT2D eigenvalue weighted by atomic mass is 35.5. The van der Waals surface area contributed by atoms with E-state index in [1.54, 1.807) is 24.3 Å². The minimum absolute atomic E-state index is 0.00882. The molecule has 5 rings (SSSR count). The summed E-state index contributed by atoms with van der Waals surface area (Å²) in [6.07, 6.45) is 7.09. The van der Waals surface area contributed by atoms with E-state index in [0.29, 0.717) is 49.3 Å². The van der Waals surface area contributed by atoms with Crippen molar-refractivity contribution in [2.24, 2.45) is 5.41 Å². The molecule has 2 fully saturated rings. The van der Waals surface area contributed by atoms with Crippen LogP contribution in [0.3, 0.4) is 0 Å². The van der Waals surface area contributed by atoms with Gasteiger partial charge in [0, 0.05) is 38.6 Å². The minimum Gasteiger partial charge on any atom is -0.383 e. The van der Waals surface area contributed by atoms with Crippen LogP contribution in [-0.2, 0) is 16.1 Å². The number of carbonyl (C=O) groups excluding carboxylic acids is 2. The largest absolute Gasteiger partial charge is 0.383 e. The van der Waals surface area contributed by atoms with E-state index in [2.05, 4.69) is 10.3 Å². The van der Waals surface area contributed by atoms with E-state index in [0.717, 1.165) is 24.8 Å². The first kappa shape index (κ1) is 23.8. The van der Waals surface area contributed by atoms with Gasteiger partial charge in [-0.15, -0.1) is 0 Å². The third kappa shape index (κ3) is 4.41. The number of pyridine rings is 1. The number of methoxy groups -OCH3 is 1. The smallest absolute Gasteiger partial charge is 0.255 e. The normalized spacial score (nSPS) is 22.3. The fourth-order valence-corrected chi connectivity index (χ4v) is 5.73. The maximum Gasteiger partial charge on any atom is 0.255 e. The highest BCUT2D eigenvalue weighted by Gasteiger charge is 2.49. The lowest BCUT2D eigenvalue weighted by molar-refractivity contribution is -0.127. The van der Waals surface area contributed by atoms with Gasteiger partial charge in [0.25, 0.3) is 5.91 Å². The molecule has 9 heteroatoms. The molecule has 0 atom stereocenters. The van der Waals surface area contributed by atoms with Gasteiger partial charge in [0.1, 0.15) is 11.3 Å². The summed E-state index contributed by atoms with van der Waals surface area (Å²) in [5.41, 5.74) is 2.23. The Kier molecular flexibility index (Phi) is 6.51. The van der Waals surface area contributed by atoms with E-state index in [-0.39, 0.29) is 22.9 Å². The Morgan fingerprint density at radius 2 is 2.09 bits per heavy atom. The number of nitrogens with one attached hydrogen (secondary N) is 1. The quantitative estimate of drug-likeness (QED) is 0.540. The number of rotatable bonds is 6. The molecule has 7 nitrogen and oxygen atoms in total. The molecule has 3 heterocycles. The van der Waals surface area contributed by atoms with Gasteiger partial charge in [-0.2, -0.15) is 0 Å². The number of halogens is 2. The molecule has 1 N–H and O–H groups in total. The molecule has 35 heavy (non-hydrogen) atoms. The zero-order valence-corrected chi connectivity index (χ0v) is 20.4. The van der Waals surface area contributed by atoms with Gasteiger partial charge in [-0.25, -0.2) is 4.39 Å². The van der Waals surface area contributed by atoms with Gasteiger partial charge in [0.05, 0.1) is 33.8 Å². The standard InChI is InChI=1S/C26H28ClFN4O3/c1-35-14-13-31-16-19(23-22(31)3-2-11-29-23)24(33)30-18-6-8-26(9-7-18)10-12-32(25(26)34)21-5-4-17(28)15-20(21)27/h2-5,11,15-16,18H,6-10,12-14H2,1H3,(H,30,33). The van der Waals surface area contributed by atoms with Crippen molar-refractivity contribution in [1.82, 2.24) is 14.9 Å². The van der Waals surface area contributed by atoms with Crippen molar-refractivity contribution in [3.8, 4) is 0 Å². The van der Waals surface area contributed by atoms with Crippen LogP contribution in [0.25, 0.3) is 11.0 Å². The maximum atomic E-state index is 13.5. The predicted molar refractivity (Wildman–Crippen MR) is 132 cm³/mol. The fraction of sp³-hybridized carbons (Fsp3) is 0.423. The molecule has 0 radical (unpaired) electrons. The van der Waals surface area contributed by atoms with Gasteiger partial charge in [0.2, 0.25) is 5.91 Å². The molecule has 2 aliphatic rings. The molecule has 1 spiro atoms. The Morgan fingerprint density at radius 3 is 2.83 bits per heavy atom. The van der Waals surface area contributed by atoms with Crippen molar-refractivity contribution < 1.29 is 18.7 Å². The number of hydrogen-bond donors (Lipinski definition) is 1. The number of hydrogen-bond acceptors (Lipinski definition) is 4. The van der Waals surface area contributed by atoms with E-state index in [1.165, 1.54) is 12.1 Å². The van der Waals surface area contributed by atoms with Crippen LogP contribution in [0.15, 0.2) is 42.7 Å². The van der Waals surface area contributed by atoms with Crippen LogP contribution >= 0.6 is 11.6 Å². The zero-order valence-electron chi connectivity index (χ0n) is 19.6. The van der Waals surface area contributed by atoms with E-state index in [1.807, 2.05) is 22.9 Å². The Balaban J connectivity index is 1.25. The summed E-state index contributed by atoms with van der Waals surface area (Å²) in [5, 5.41) is 3.41. The summed E-state index contributed by atoms with van der Waals surface area (Å²) in [6.45, 7) is 1.74. The topological polar surface area (TPSA) is 76.5 Å². The maximum absolute atomic E-state index is 13.5. The minimum atomic E-state index is -0.448. The summed E-state index contributed by atoms with van der Waals surface area (Å²) in [6, 6.07) is 7.93. The van der Waals surface area contributed by atoms with Crippen LogP contribution in [-0.4, -0.2) is 47.7 Å². The highest BCUT2D eigenvalue weighted by Crippen LogP contribution is 2.47. The van der Waals surface area contributed by atoms with Crippen molar-refractivity contribution in [3.05, 3.63) is 59.1 Å². The third-order valence-corrected chi connectivity index (χ3v) is 7.71. The average Bonchev–Trinajstić information content (AvgIpc) is 3.38. The number of fused-ring (bicyclic) bond motifs is 1. The van der Waals surface area contributed by atoms with E-state index in [9.17, 15) is 14.0 Å². The first-order valence-corrected chi connectivity index (χ1v) is 12.3. The Labute approximate surface area is 208 Å². The number of amides is 2. The van der Waals surface area contributed by atoms with Crippen LogP contribution in [0.1, 0.15) is 42.5 Å². The monoisotopic (exact) mass is 498 g/mol. The molecule has 1 saturated carbocycles. The van der Waals surface area contributed by atoms with E-state index < -0.39 is 11.2 Å². The first-order valence-electron chi connectivity index (χ1n) is 11.9. The lowest BCUT2D eigenvalue weighted by Crippen LogP contribution is -2.43. The van der Waals surface area contributed by atoms with Gasteiger partial charge in [0.15, 0.2) is 0 Å². The van der Waals surface area contributed by atoms with Gasteiger partial charge in [-0.3, -0.25) is 14.6 Å². The van der Waals surface area contributed by atoms with Gasteiger partial charge < -0.3 is 19.5 Å². The molecule has 1 aliphatic heterocycles. The molecular formula is C26H28ClFN4O3. The lowest BCUT2D eigenvalue weighted by Gasteiger charge is -2.36. The molecule has 0 bridgehead atoms. The molecule has 2 amide bonds. The second-order valence-corrected chi connectivity index (χ2v) is 9.84. The van der Waals surface area contributed by atoms with Gasteiger partial charge >= 0.3 is 0 Å². The van der Waals surface area contributed by atoms with Gasteiger partial charge in [-0.1, -0.05) is 11.6 Å². The molecule has 1 aliphatic carbocycles. The van der Waals surface area contributed by atoms with Crippen LogP contribution in [0.2, 0.25) is 5.02 Å². The lowest BCUT2D eigenvalue weighted by atomic mass is 9.71. The van der Waals surface area contributed by atoms with Crippen molar-refractivity contribution in [2.75, 3.05) is 25.2 Å². The summed E-state index contributed by atoms with van der Waals surface area (Å²) in [4.78, 5) is 32.7. The van der Waals surface area contributed by atoms with Crippen molar-refractivity contribution in [1.29, 1.82) is 0 Å². The summed E-state index contributed by atoms with van der Waals surface area (Å²) in [7, 11) is 1.65. The van der Waals surface area contributed by atoms with Crippen molar-refractivity contribution >= 4 is 40.1 Å². The fourth-order valence-electron chi connectivity index (χ4n) is 5.46. The summed E-state index contributed by atoms with van der Waals surface area (Å²) >= 11 is 6.22. The average molecular weight is 499 g/mol.